The number of ketones is 1. The summed E-state index contributed by atoms with van der Waals surface area (Å²) in [6.45, 7) is 18.9. The van der Waals surface area contributed by atoms with Crippen molar-refractivity contribution in [3.8, 4) is 5.69 Å². The zero-order valence-corrected chi connectivity index (χ0v) is 36.6. The summed E-state index contributed by atoms with van der Waals surface area (Å²) in [5, 5.41) is 0.632. The summed E-state index contributed by atoms with van der Waals surface area (Å²) >= 11 is 6.26. The van der Waals surface area contributed by atoms with Gasteiger partial charge in [0.15, 0.2) is 5.78 Å². The summed E-state index contributed by atoms with van der Waals surface area (Å²) in [6.07, 6.45) is 10.4. The molecule has 2 aromatic rings. The molecule has 1 aromatic carbocycles. The highest BCUT2D eigenvalue weighted by Gasteiger charge is 2.63. The number of esters is 1. The molecule has 0 aliphatic heterocycles. The number of aldehydes is 1. The molecule has 8 nitrogen and oxygen atoms in total. The number of carbonyl (C=O) groups excluding carboxylic acids is 3. The van der Waals surface area contributed by atoms with Crippen LogP contribution in [0.5, 0.6) is 0 Å². The molecule has 4 aliphatic carbocycles. The largest absolute Gasteiger partial charge is 0.463 e. The van der Waals surface area contributed by atoms with Gasteiger partial charge in [0.1, 0.15) is 6.29 Å². The van der Waals surface area contributed by atoms with Gasteiger partial charge in [-0.05, 0) is 149 Å². The summed E-state index contributed by atoms with van der Waals surface area (Å²) in [5.41, 5.74) is 3.47. The number of ether oxygens (including phenoxy) is 1. The number of Topliss-reactive ketones (excluding diaryl/α,β-unsaturated/α-hetero) is 1. The first-order valence-electron chi connectivity index (χ1n) is 21.4. The first-order chi connectivity index (χ1) is 26.2. The fourth-order valence-electron chi connectivity index (χ4n) is 12.3. The Bertz CT molecular complexity index is 1890. The lowest BCUT2D eigenvalue weighted by Gasteiger charge is -2.65. The molecular weight excluding hydrogens is 722 g/mol. The molecule has 308 valence electrons. The molecule has 1 heterocycles. The van der Waals surface area contributed by atoms with Crippen molar-refractivity contribution >= 4 is 29.6 Å². The van der Waals surface area contributed by atoms with E-state index in [0.717, 1.165) is 68.3 Å². The fourth-order valence-corrected chi connectivity index (χ4v) is 12.4. The summed E-state index contributed by atoms with van der Waals surface area (Å²) in [4.78, 5) is 54.5. The van der Waals surface area contributed by atoms with E-state index in [0.29, 0.717) is 53.9 Å². The number of rotatable bonds is 14. The maximum Gasteiger partial charge on any atom is 0.307 e. The van der Waals surface area contributed by atoms with Crippen molar-refractivity contribution in [2.45, 2.75) is 139 Å². The van der Waals surface area contributed by atoms with Crippen LogP contribution in [0.1, 0.15) is 125 Å². The number of halogens is 1. The molecule has 9 heteroatoms. The van der Waals surface area contributed by atoms with E-state index in [1.165, 1.54) is 18.4 Å². The van der Waals surface area contributed by atoms with Crippen molar-refractivity contribution in [1.29, 1.82) is 0 Å². The zero-order chi connectivity index (χ0) is 41.0. The Labute approximate surface area is 340 Å². The van der Waals surface area contributed by atoms with Crippen LogP contribution in [0.15, 0.2) is 46.3 Å². The molecule has 6 rings (SSSR count). The highest BCUT2D eigenvalue weighted by molar-refractivity contribution is 6.30. The van der Waals surface area contributed by atoms with E-state index in [1.54, 1.807) is 18.5 Å². The van der Waals surface area contributed by atoms with Crippen molar-refractivity contribution < 1.29 is 19.1 Å². The molecule has 0 radical (unpaired) electrons. The van der Waals surface area contributed by atoms with Crippen LogP contribution in [0.25, 0.3) is 5.69 Å². The normalized spacial score (nSPS) is 31.0. The molecule has 3 saturated carbocycles. The molecule has 56 heavy (non-hydrogen) atoms. The number of carbonyl (C=O) groups is 3. The second-order valence-corrected chi connectivity index (χ2v) is 20.6. The van der Waals surface area contributed by atoms with E-state index in [-0.39, 0.29) is 46.2 Å². The number of fused-ring (bicyclic) bond motifs is 5. The Morgan fingerprint density at radius 1 is 1.05 bits per heavy atom. The van der Waals surface area contributed by atoms with Gasteiger partial charge >= 0.3 is 5.97 Å². The van der Waals surface area contributed by atoms with Gasteiger partial charge in [0.2, 0.25) is 0 Å². The average molecular weight is 791 g/mol. The van der Waals surface area contributed by atoms with Crippen LogP contribution in [-0.2, 0) is 32.1 Å². The minimum absolute atomic E-state index is 0.0531. The lowest BCUT2D eigenvalue weighted by atomic mass is 9.40. The third-order valence-electron chi connectivity index (χ3n) is 15.2. The van der Waals surface area contributed by atoms with Gasteiger partial charge in [0.05, 0.1) is 24.8 Å². The quantitative estimate of drug-likeness (QED) is 0.140. The Morgan fingerprint density at radius 3 is 2.39 bits per heavy atom. The smallest absolute Gasteiger partial charge is 0.307 e. The highest BCUT2D eigenvalue weighted by Crippen LogP contribution is 2.70. The molecule has 1 aromatic heterocycles. The third-order valence-corrected chi connectivity index (χ3v) is 15.5. The standard InChI is InChI=1S/C47H68ClN3O5/c1-30(2)42-38(53)27-47(26-35-25-40(54)51(50(35)24-23-49(9)10)34-13-11-33(48)12-14-34)22-19-37-36(43(42)47)15-16-39-45(7,31(3)17-20-46(37,39)8)21-18-32(4)56-41(55)28-44(5,6)29-52/h11-14,25,29-32,36-37,39H,15-24,26-28H2,1-10H3/t31-,32?,36?,37?,39-,45?,46?,47?/m1/s1. The number of hydrogen-bond acceptors (Lipinski definition) is 6. The van der Waals surface area contributed by atoms with Gasteiger partial charge in [-0.15, -0.1) is 0 Å². The van der Waals surface area contributed by atoms with Crippen LogP contribution in [0, 0.1) is 51.2 Å². The summed E-state index contributed by atoms with van der Waals surface area (Å²) < 4.78 is 9.82. The second kappa shape index (κ2) is 16.0. The van der Waals surface area contributed by atoms with Gasteiger partial charge in [-0.2, -0.15) is 0 Å². The maximum absolute atomic E-state index is 14.3. The van der Waals surface area contributed by atoms with Crippen molar-refractivity contribution in [2.75, 3.05) is 20.6 Å². The van der Waals surface area contributed by atoms with Crippen LogP contribution in [0.4, 0.5) is 0 Å². The number of allylic oxidation sites excluding steroid dienone is 2. The van der Waals surface area contributed by atoms with Gasteiger partial charge in [-0.1, -0.05) is 65.6 Å². The minimum atomic E-state index is -0.720. The fraction of sp³-hybridized carbons (Fsp3) is 0.702. The molecule has 8 atom stereocenters. The molecule has 6 unspecified atom stereocenters. The van der Waals surface area contributed by atoms with E-state index in [2.05, 4.69) is 58.3 Å². The van der Waals surface area contributed by atoms with Gasteiger partial charge in [-0.3, -0.25) is 19.1 Å². The Hall–Kier alpha value is -2.97. The lowest BCUT2D eigenvalue weighted by Crippen LogP contribution is -2.57. The van der Waals surface area contributed by atoms with E-state index in [1.807, 2.05) is 37.3 Å². The lowest BCUT2D eigenvalue weighted by molar-refractivity contribution is -0.155. The number of hydrogen-bond donors (Lipinski definition) is 0. The van der Waals surface area contributed by atoms with E-state index in [9.17, 15) is 19.2 Å². The molecule has 0 spiro atoms. The van der Waals surface area contributed by atoms with Crippen molar-refractivity contribution in [3.63, 3.8) is 0 Å². The monoisotopic (exact) mass is 789 g/mol. The van der Waals surface area contributed by atoms with Crippen LogP contribution < -0.4 is 5.56 Å². The SMILES string of the molecule is CC(CCC1(C)[C@H](C)CCC2(C)C3CCC4(Cc5cc(=O)n(-c6ccc(Cl)cc6)n5CCN(C)C)CC(=O)C(C(C)C)=C4C3CC[C@@H]21)OC(=O)CC(C)(C)C=O. The van der Waals surface area contributed by atoms with Crippen LogP contribution in [0.3, 0.4) is 0 Å². The van der Waals surface area contributed by atoms with E-state index >= 15 is 0 Å². The number of likely N-dealkylation sites (N-methyl/N-ethyl adjacent to an activating group) is 1. The Morgan fingerprint density at radius 2 is 1.75 bits per heavy atom. The van der Waals surface area contributed by atoms with E-state index in [4.69, 9.17) is 16.3 Å². The van der Waals surface area contributed by atoms with Gasteiger partial charge in [-0.25, -0.2) is 4.68 Å². The summed E-state index contributed by atoms with van der Waals surface area (Å²) in [5.74, 6) is 2.09. The number of benzene rings is 1. The molecule has 4 aliphatic rings. The first kappa shape index (κ1) is 42.6. The van der Waals surface area contributed by atoms with Crippen LogP contribution in [0.2, 0.25) is 5.02 Å². The molecule has 0 saturated heterocycles. The second-order valence-electron chi connectivity index (χ2n) is 20.2. The third kappa shape index (κ3) is 7.92. The number of aromatic nitrogens is 2. The molecule has 3 fully saturated rings. The Balaban J connectivity index is 1.31. The predicted molar refractivity (Wildman–Crippen MR) is 224 cm³/mol. The maximum atomic E-state index is 14.3. The molecule has 0 amide bonds. The Kier molecular flexibility index (Phi) is 12.2. The van der Waals surface area contributed by atoms with Crippen molar-refractivity contribution in [2.24, 2.45) is 51.2 Å². The topological polar surface area (TPSA) is 90.6 Å². The van der Waals surface area contributed by atoms with Gasteiger partial charge in [0.25, 0.3) is 5.56 Å². The van der Waals surface area contributed by atoms with Gasteiger partial charge in [0, 0.05) is 40.6 Å². The predicted octanol–water partition coefficient (Wildman–Crippen LogP) is 9.51. The minimum Gasteiger partial charge on any atom is -0.463 e. The van der Waals surface area contributed by atoms with Crippen molar-refractivity contribution in [3.05, 3.63) is 62.5 Å². The van der Waals surface area contributed by atoms with Crippen molar-refractivity contribution in [1.82, 2.24) is 14.3 Å². The molecular formula is C47H68ClN3O5. The molecule has 0 bridgehead atoms. The van der Waals surface area contributed by atoms with Gasteiger partial charge < -0.3 is 14.4 Å². The highest BCUT2D eigenvalue weighted by atomic mass is 35.5. The first-order valence-corrected chi connectivity index (χ1v) is 21.8. The number of nitrogens with zero attached hydrogens (tertiary/aromatic N) is 3. The summed E-state index contributed by atoms with van der Waals surface area (Å²) in [7, 11) is 4.11. The summed E-state index contributed by atoms with van der Waals surface area (Å²) in [6, 6.07) is 9.31. The average Bonchev–Trinajstić information content (AvgIpc) is 3.60. The van der Waals surface area contributed by atoms with E-state index < -0.39 is 5.41 Å². The molecule has 0 N–H and O–H groups in total. The zero-order valence-electron chi connectivity index (χ0n) is 35.9. The van der Waals surface area contributed by atoms with Crippen LogP contribution in [-0.4, -0.2) is 59.0 Å². The van der Waals surface area contributed by atoms with Crippen LogP contribution >= 0.6 is 11.6 Å².